The number of aromatic nitrogens is 2. The van der Waals surface area contributed by atoms with Gasteiger partial charge in [0.15, 0.2) is 5.82 Å². The Morgan fingerprint density at radius 1 is 1.56 bits per heavy atom. The lowest BCUT2D eigenvalue weighted by atomic mass is 10.2. The van der Waals surface area contributed by atoms with Gasteiger partial charge in [0.25, 0.3) is 0 Å². The SMILES string of the molecule is Fc1c(Br)ccc2c1nc(CCl)n2C[C@@H]1CCO1. The third-order valence-electron chi connectivity index (χ3n) is 3.19. The second-order valence-corrected chi connectivity index (χ2v) is 5.40. The van der Waals surface area contributed by atoms with Gasteiger partial charge in [0.05, 0.1) is 28.5 Å². The van der Waals surface area contributed by atoms with E-state index in [1.165, 1.54) is 0 Å². The molecule has 1 aliphatic rings. The average Bonchev–Trinajstić information content (AvgIpc) is 2.67. The van der Waals surface area contributed by atoms with Crippen molar-refractivity contribution in [2.24, 2.45) is 0 Å². The smallest absolute Gasteiger partial charge is 0.165 e. The van der Waals surface area contributed by atoms with Crippen molar-refractivity contribution in [3.8, 4) is 0 Å². The second-order valence-electron chi connectivity index (χ2n) is 4.28. The van der Waals surface area contributed by atoms with Crippen molar-refractivity contribution in [3.05, 3.63) is 28.2 Å². The first kappa shape index (κ1) is 12.4. The number of rotatable bonds is 3. The van der Waals surface area contributed by atoms with Gasteiger partial charge < -0.3 is 9.30 Å². The third kappa shape index (κ3) is 1.94. The van der Waals surface area contributed by atoms with Crippen LogP contribution in [0.15, 0.2) is 16.6 Å². The van der Waals surface area contributed by atoms with Gasteiger partial charge in [0.2, 0.25) is 0 Å². The molecular formula is C12H11BrClFN2O. The molecule has 0 N–H and O–H groups in total. The van der Waals surface area contributed by atoms with Crippen molar-refractivity contribution >= 4 is 38.6 Å². The van der Waals surface area contributed by atoms with Crippen molar-refractivity contribution in [3.63, 3.8) is 0 Å². The first-order valence-corrected chi connectivity index (χ1v) is 7.04. The Balaban J connectivity index is 2.12. The van der Waals surface area contributed by atoms with Crippen LogP contribution >= 0.6 is 27.5 Å². The Labute approximate surface area is 117 Å². The normalized spacial score (nSPS) is 19.2. The minimum absolute atomic E-state index is 0.191. The van der Waals surface area contributed by atoms with Crippen LogP contribution in [0.3, 0.4) is 0 Å². The van der Waals surface area contributed by atoms with Crippen LogP contribution in [0.25, 0.3) is 11.0 Å². The molecule has 3 nitrogen and oxygen atoms in total. The van der Waals surface area contributed by atoms with Crippen LogP contribution in [0, 0.1) is 5.82 Å². The van der Waals surface area contributed by atoms with Gasteiger partial charge in [-0.3, -0.25) is 0 Å². The molecule has 2 aromatic rings. The molecule has 0 radical (unpaired) electrons. The molecule has 0 aliphatic carbocycles. The number of nitrogens with zero attached hydrogens (tertiary/aromatic N) is 2. The number of hydrogen-bond acceptors (Lipinski definition) is 2. The maximum Gasteiger partial charge on any atom is 0.165 e. The molecule has 0 saturated carbocycles. The minimum atomic E-state index is -0.341. The zero-order valence-electron chi connectivity index (χ0n) is 9.50. The van der Waals surface area contributed by atoms with Crippen molar-refractivity contribution in [2.75, 3.05) is 6.61 Å². The second kappa shape index (κ2) is 4.79. The van der Waals surface area contributed by atoms with Gasteiger partial charge in [0.1, 0.15) is 11.3 Å². The fourth-order valence-electron chi connectivity index (χ4n) is 2.12. The summed E-state index contributed by atoms with van der Waals surface area (Å²) in [6, 6.07) is 3.54. The number of fused-ring (bicyclic) bond motifs is 1. The Bertz CT molecular complexity index is 597. The van der Waals surface area contributed by atoms with E-state index in [0.29, 0.717) is 22.4 Å². The van der Waals surface area contributed by atoms with Crippen LogP contribution in [0.4, 0.5) is 4.39 Å². The zero-order chi connectivity index (χ0) is 12.7. The summed E-state index contributed by atoms with van der Waals surface area (Å²) in [6.45, 7) is 1.48. The summed E-state index contributed by atoms with van der Waals surface area (Å²) in [6.07, 6.45) is 1.22. The van der Waals surface area contributed by atoms with E-state index in [0.717, 1.165) is 18.5 Å². The van der Waals surface area contributed by atoms with E-state index in [9.17, 15) is 4.39 Å². The lowest BCUT2D eigenvalue weighted by molar-refractivity contribution is -0.0589. The molecule has 1 fully saturated rings. The van der Waals surface area contributed by atoms with Gasteiger partial charge in [-0.1, -0.05) is 0 Å². The molecule has 1 saturated heterocycles. The van der Waals surface area contributed by atoms with Crippen LogP contribution in [-0.4, -0.2) is 22.3 Å². The Hall–Kier alpha value is -0.650. The summed E-state index contributed by atoms with van der Waals surface area (Å²) in [4.78, 5) is 4.27. The topological polar surface area (TPSA) is 27.1 Å². The van der Waals surface area contributed by atoms with Gasteiger partial charge in [-0.05, 0) is 34.5 Å². The van der Waals surface area contributed by atoms with Crippen molar-refractivity contribution in [1.29, 1.82) is 0 Å². The maximum absolute atomic E-state index is 14.0. The quantitative estimate of drug-likeness (QED) is 0.804. The Kier molecular flexibility index (Phi) is 3.30. The van der Waals surface area contributed by atoms with Crippen LogP contribution in [-0.2, 0) is 17.2 Å². The van der Waals surface area contributed by atoms with E-state index >= 15 is 0 Å². The summed E-state index contributed by atoms with van der Waals surface area (Å²) >= 11 is 9.05. The molecule has 2 heterocycles. The van der Waals surface area contributed by atoms with Crippen LogP contribution < -0.4 is 0 Å². The molecule has 18 heavy (non-hydrogen) atoms. The molecular weight excluding hydrogens is 323 g/mol. The fraction of sp³-hybridized carbons (Fsp3) is 0.417. The van der Waals surface area contributed by atoms with E-state index in [1.54, 1.807) is 6.07 Å². The van der Waals surface area contributed by atoms with Gasteiger partial charge in [-0.15, -0.1) is 11.6 Å². The van der Waals surface area contributed by atoms with Crippen molar-refractivity contribution in [2.45, 2.75) is 24.9 Å². The van der Waals surface area contributed by atoms with Gasteiger partial charge in [0, 0.05) is 6.61 Å². The lowest BCUT2D eigenvalue weighted by Gasteiger charge is -2.27. The van der Waals surface area contributed by atoms with Gasteiger partial charge in [-0.2, -0.15) is 0 Å². The summed E-state index contributed by atoms with van der Waals surface area (Å²) < 4.78 is 21.7. The number of benzene rings is 1. The number of hydrogen-bond donors (Lipinski definition) is 0. The van der Waals surface area contributed by atoms with Crippen LogP contribution in [0.5, 0.6) is 0 Å². The van der Waals surface area contributed by atoms with Crippen LogP contribution in [0.2, 0.25) is 0 Å². The number of ether oxygens (including phenoxy) is 1. The van der Waals surface area contributed by atoms with Gasteiger partial charge in [-0.25, -0.2) is 9.37 Å². The maximum atomic E-state index is 14.0. The van der Waals surface area contributed by atoms with Crippen molar-refractivity contribution < 1.29 is 9.13 Å². The lowest BCUT2D eigenvalue weighted by Crippen LogP contribution is -2.31. The van der Waals surface area contributed by atoms with E-state index in [4.69, 9.17) is 16.3 Å². The Morgan fingerprint density at radius 3 is 2.94 bits per heavy atom. The number of alkyl halides is 1. The highest BCUT2D eigenvalue weighted by Crippen LogP contribution is 2.27. The molecule has 1 atom stereocenters. The molecule has 0 bridgehead atoms. The Morgan fingerprint density at radius 2 is 2.33 bits per heavy atom. The fourth-order valence-corrected chi connectivity index (χ4v) is 2.64. The summed E-state index contributed by atoms with van der Waals surface area (Å²) in [5, 5.41) is 0. The van der Waals surface area contributed by atoms with E-state index in [-0.39, 0.29) is 17.8 Å². The number of imidazole rings is 1. The van der Waals surface area contributed by atoms with Crippen LogP contribution in [0.1, 0.15) is 12.2 Å². The molecule has 1 aliphatic heterocycles. The van der Waals surface area contributed by atoms with Crippen molar-refractivity contribution in [1.82, 2.24) is 9.55 Å². The molecule has 3 rings (SSSR count). The summed E-state index contributed by atoms with van der Waals surface area (Å²) in [5.41, 5.74) is 1.13. The predicted molar refractivity (Wildman–Crippen MR) is 71.3 cm³/mol. The molecule has 1 aromatic carbocycles. The molecule has 0 amide bonds. The third-order valence-corrected chi connectivity index (χ3v) is 4.04. The predicted octanol–water partition coefficient (Wildman–Crippen LogP) is 3.47. The first-order chi connectivity index (χ1) is 8.70. The highest BCUT2D eigenvalue weighted by molar-refractivity contribution is 9.10. The minimum Gasteiger partial charge on any atom is -0.376 e. The van der Waals surface area contributed by atoms with E-state index < -0.39 is 0 Å². The monoisotopic (exact) mass is 332 g/mol. The summed E-state index contributed by atoms with van der Waals surface area (Å²) in [7, 11) is 0. The zero-order valence-corrected chi connectivity index (χ0v) is 11.8. The van der Waals surface area contributed by atoms with E-state index in [2.05, 4.69) is 20.9 Å². The summed E-state index contributed by atoms with van der Waals surface area (Å²) in [5.74, 6) is 0.602. The molecule has 1 aromatic heterocycles. The molecule has 96 valence electrons. The van der Waals surface area contributed by atoms with Gasteiger partial charge >= 0.3 is 0 Å². The highest BCUT2D eigenvalue weighted by atomic mass is 79.9. The average molecular weight is 334 g/mol. The highest BCUT2D eigenvalue weighted by Gasteiger charge is 2.22. The first-order valence-electron chi connectivity index (χ1n) is 5.71. The molecule has 0 spiro atoms. The number of halogens is 3. The molecule has 6 heteroatoms. The molecule has 0 unspecified atom stereocenters. The standard InChI is InChI=1S/C12H11BrClFN2O/c13-8-1-2-9-12(11(8)15)16-10(5-14)17(9)6-7-3-4-18-7/h1-2,7H,3-6H2/t7-/m0/s1. The largest absolute Gasteiger partial charge is 0.376 e. The van der Waals surface area contributed by atoms with E-state index in [1.807, 2.05) is 10.6 Å².